The van der Waals surface area contributed by atoms with Gasteiger partial charge in [0.2, 0.25) is 0 Å². The van der Waals surface area contributed by atoms with Crippen molar-refractivity contribution in [3.05, 3.63) is 30.2 Å². The molecule has 0 aromatic carbocycles. The highest BCUT2D eigenvalue weighted by Gasteiger charge is 2.25. The number of aromatic nitrogens is 3. The number of fused-ring (bicyclic) bond motifs is 1. The lowest BCUT2D eigenvalue weighted by molar-refractivity contribution is 0.0490. The van der Waals surface area contributed by atoms with Gasteiger partial charge in [-0.05, 0) is 65.0 Å². The lowest BCUT2D eigenvalue weighted by atomic mass is 9.91. The Bertz CT molecular complexity index is 879. The molecule has 9 nitrogen and oxygen atoms in total. The van der Waals surface area contributed by atoms with Gasteiger partial charge < -0.3 is 20.7 Å². The van der Waals surface area contributed by atoms with Crippen molar-refractivity contribution in [3.63, 3.8) is 0 Å². The summed E-state index contributed by atoms with van der Waals surface area (Å²) in [6, 6.07) is 6.43. The zero-order valence-corrected chi connectivity index (χ0v) is 19.0. The molecule has 3 rings (SSSR count). The van der Waals surface area contributed by atoms with Gasteiger partial charge in [0.05, 0.1) is 0 Å². The molecule has 2 aromatic heterocycles. The molecule has 0 unspecified atom stereocenters. The van der Waals surface area contributed by atoms with E-state index in [4.69, 9.17) is 4.74 Å². The van der Waals surface area contributed by atoms with Crippen molar-refractivity contribution in [3.8, 4) is 0 Å². The van der Waals surface area contributed by atoms with Crippen LogP contribution in [0.25, 0.3) is 5.65 Å². The number of pyridine rings is 1. The fourth-order valence-electron chi connectivity index (χ4n) is 3.76. The van der Waals surface area contributed by atoms with Crippen molar-refractivity contribution in [1.82, 2.24) is 30.5 Å². The highest BCUT2D eigenvalue weighted by molar-refractivity contribution is 5.79. The molecule has 0 aliphatic heterocycles. The summed E-state index contributed by atoms with van der Waals surface area (Å²) < 4.78 is 7.37. The summed E-state index contributed by atoms with van der Waals surface area (Å²) in [5.41, 5.74) is 0.405. The first kappa shape index (κ1) is 22.8. The van der Waals surface area contributed by atoms with Crippen LogP contribution in [0.4, 0.5) is 4.79 Å². The molecule has 2 aromatic rings. The zero-order chi connectivity index (χ0) is 22.3. The Kier molecular flexibility index (Phi) is 7.70. The molecular formula is C22H35N7O2. The predicted molar refractivity (Wildman–Crippen MR) is 121 cm³/mol. The molecule has 3 N–H and O–H groups in total. The minimum atomic E-state index is -0.470. The van der Waals surface area contributed by atoms with Gasteiger partial charge in [0.25, 0.3) is 0 Å². The van der Waals surface area contributed by atoms with Gasteiger partial charge in [-0.15, -0.1) is 10.2 Å². The van der Waals surface area contributed by atoms with Crippen LogP contribution in [0.5, 0.6) is 0 Å². The van der Waals surface area contributed by atoms with E-state index in [1.165, 1.54) is 0 Å². The minimum absolute atomic E-state index is 0.167. The number of amides is 1. The van der Waals surface area contributed by atoms with Crippen molar-refractivity contribution in [2.24, 2.45) is 4.99 Å². The van der Waals surface area contributed by atoms with E-state index in [9.17, 15) is 4.79 Å². The van der Waals surface area contributed by atoms with E-state index in [1.807, 2.05) is 49.6 Å². The summed E-state index contributed by atoms with van der Waals surface area (Å²) in [4.78, 5) is 16.3. The molecule has 170 valence electrons. The third kappa shape index (κ3) is 7.11. The molecule has 0 radical (unpaired) electrons. The van der Waals surface area contributed by atoms with Gasteiger partial charge in [0.1, 0.15) is 11.4 Å². The average molecular weight is 430 g/mol. The van der Waals surface area contributed by atoms with Gasteiger partial charge in [0.15, 0.2) is 11.6 Å². The van der Waals surface area contributed by atoms with E-state index in [0.717, 1.165) is 62.5 Å². The fourth-order valence-corrected chi connectivity index (χ4v) is 3.76. The SMILES string of the molecule is CN=C(NCCCc1nnc2ccccn12)NC1CCC(NC(=O)OC(C)(C)C)CC1. The summed E-state index contributed by atoms with van der Waals surface area (Å²) in [6.45, 7) is 6.43. The van der Waals surface area contributed by atoms with E-state index < -0.39 is 5.60 Å². The number of hydrogen-bond donors (Lipinski definition) is 3. The molecule has 0 bridgehead atoms. The summed E-state index contributed by atoms with van der Waals surface area (Å²) in [7, 11) is 1.79. The zero-order valence-electron chi connectivity index (χ0n) is 19.0. The molecule has 9 heteroatoms. The molecule has 2 heterocycles. The van der Waals surface area contributed by atoms with Gasteiger partial charge >= 0.3 is 6.09 Å². The van der Waals surface area contributed by atoms with Gasteiger partial charge in [-0.2, -0.15) is 0 Å². The van der Waals surface area contributed by atoms with Crippen molar-refractivity contribution >= 4 is 17.7 Å². The van der Waals surface area contributed by atoms with Gasteiger partial charge in [-0.25, -0.2) is 4.79 Å². The number of rotatable bonds is 6. The van der Waals surface area contributed by atoms with Crippen molar-refractivity contribution < 1.29 is 9.53 Å². The smallest absolute Gasteiger partial charge is 0.407 e. The van der Waals surface area contributed by atoms with Crippen LogP contribution in [0.1, 0.15) is 58.7 Å². The highest BCUT2D eigenvalue weighted by atomic mass is 16.6. The molecule has 1 aliphatic rings. The van der Waals surface area contributed by atoms with Crippen molar-refractivity contribution in [1.29, 1.82) is 0 Å². The topological polar surface area (TPSA) is 105 Å². The van der Waals surface area contributed by atoms with Crippen LogP contribution >= 0.6 is 0 Å². The number of alkyl carbamates (subject to hydrolysis) is 1. The molecule has 0 spiro atoms. The highest BCUT2D eigenvalue weighted by Crippen LogP contribution is 2.19. The van der Waals surface area contributed by atoms with Gasteiger partial charge in [-0.1, -0.05) is 6.07 Å². The third-order valence-electron chi connectivity index (χ3n) is 5.27. The van der Waals surface area contributed by atoms with Crippen LogP contribution in [-0.2, 0) is 11.2 Å². The first-order valence-corrected chi connectivity index (χ1v) is 11.1. The number of hydrogen-bond acceptors (Lipinski definition) is 5. The molecule has 1 saturated carbocycles. The van der Waals surface area contributed by atoms with E-state index >= 15 is 0 Å². The maximum atomic E-state index is 11.9. The van der Waals surface area contributed by atoms with E-state index in [2.05, 4.69) is 31.1 Å². The van der Waals surface area contributed by atoms with Crippen LogP contribution in [0, 0.1) is 0 Å². The summed E-state index contributed by atoms with van der Waals surface area (Å²) in [6.07, 6.45) is 7.25. The molecule has 0 atom stereocenters. The van der Waals surface area contributed by atoms with Crippen LogP contribution < -0.4 is 16.0 Å². The van der Waals surface area contributed by atoms with E-state index in [1.54, 1.807) is 7.05 Å². The molecule has 1 fully saturated rings. The Balaban J connectivity index is 1.35. The molecule has 0 saturated heterocycles. The lowest BCUT2D eigenvalue weighted by Crippen LogP contribution is -2.48. The quantitative estimate of drug-likeness (QED) is 0.370. The maximum absolute atomic E-state index is 11.9. The number of carbonyl (C=O) groups excluding carboxylic acids is 1. The number of nitrogens with one attached hydrogen (secondary N) is 3. The molecule has 31 heavy (non-hydrogen) atoms. The Morgan fingerprint density at radius 3 is 2.55 bits per heavy atom. The van der Waals surface area contributed by atoms with E-state index in [-0.39, 0.29) is 12.1 Å². The maximum Gasteiger partial charge on any atom is 0.407 e. The number of aliphatic imine (C=N–C) groups is 1. The van der Waals surface area contributed by atoms with Crippen LogP contribution in [0.3, 0.4) is 0 Å². The summed E-state index contributed by atoms with van der Waals surface area (Å²) in [5, 5.41) is 18.3. The fraction of sp³-hybridized carbons (Fsp3) is 0.636. The minimum Gasteiger partial charge on any atom is -0.444 e. The Hall–Kier alpha value is -2.84. The normalized spacial score (nSPS) is 19.8. The lowest BCUT2D eigenvalue weighted by Gasteiger charge is -2.31. The number of ether oxygens (including phenoxy) is 1. The number of aryl methyl sites for hydroxylation is 1. The van der Waals surface area contributed by atoms with Crippen LogP contribution in [0.2, 0.25) is 0 Å². The predicted octanol–water partition coefficient (Wildman–Crippen LogP) is 2.66. The number of nitrogens with zero attached hydrogens (tertiary/aromatic N) is 4. The number of carbonyl (C=O) groups is 1. The van der Waals surface area contributed by atoms with E-state index in [0.29, 0.717) is 6.04 Å². The Morgan fingerprint density at radius 1 is 1.16 bits per heavy atom. The van der Waals surface area contributed by atoms with Gasteiger partial charge in [0, 0.05) is 38.3 Å². The molecule has 1 amide bonds. The standard InChI is InChI=1S/C22H35N7O2/c1-22(2,3)31-21(30)26-17-12-10-16(11-13-17)25-20(23-4)24-14-7-9-19-28-27-18-8-5-6-15-29(18)19/h5-6,8,15-17H,7,9-14H2,1-4H3,(H,26,30)(H2,23,24,25). The van der Waals surface area contributed by atoms with Gasteiger partial charge in [-0.3, -0.25) is 9.39 Å². The first-order valence-electron chi connectivity index (χ1n) is 11.1. The monoisotopic (exact) mass is 429 g/mol. The first-order chi connectivity index (χ1) is 14.8. The van der Waals surface area contributed by atoms with Crippen molar-refractivity contribution in [2.45, 2.75) is 77.0 Å². The second-order valence-corrected chi connectivity index (χ2v) is 8.99. The second-order valence-electron chi connectivity index (χ2n) is 8.99. The molecule has 1 aliphatic carbocycles. The summed E-state index contributed by atoms with van der Waals surface area (Å²) in [5.74, 6) is 1.78. The largest absolute Gasteiger partial charge is 0.444 e. The van der Waals surface area contributed by atoms with Crippen LogP contribution in [0.15, 0.2) is 29.4 Å². The average Bonchev–Trinajstić information content (AvgIpc) is 3.13. The Morgan fingerprint density at radius 2 is 1.87 bits per heavy atom. The summed E-state index contributed by atoms with van der Waals surface area (Å²) >= 11 is 0. The molecular weight excluding hydrogens is 394 g/mol. The Labute approximate surface area is 184 Å². The third-order valence-corrected chi connectivity index (χ3v) is 5.27. The number of guanidine groups is 1. The van der Waals surface area contributed by atoms with Crippen LogP contribution in [-0.4, -0.2) is 57.9 Å². The van der Waals surface area contributed by atoms with Crippen molar-refractivity contribution in [2.75, 3.05) is 13.6 Å². The second kappa shape index (κ2) is 10.5.